The molecule has 140 valence electrons. The van der Waals surface area contributed by atoms with Gasteiger partial charge in [-0.05, 0) is 31.0 Å². The lowest BCUT2D eigenvalue weighted by atomic mass is 10.1. The molecule has 1 saturated heterocycles. The van der Waals surface area contributed by atoms with Crippen molar-refractivity contribution in [2.75, 3.05) is 18.4 Å². The normalized spacial score (nSPS) is 22.4. The lowest BCUT2D eigenvalue weighted by molar-refractivity contribution is 0.279. The Morgan fingerprint density at radius 3 is 2.93 bits per heavy atom. The van der Waals surface area contributed by atoms with Crippen LogP contribution >= 0.6 is 0 Å². The van der Waals surface area contributed by atoms with E-state index >= 15 is 0 Å². The van der Waals surface area contributed by atoms with Crippen LogP contribution in [0.3, 0.4) is 0 Å². The first-order valence-corrected chi connectivity index (χ1v) is 9.30. The molecule has 8 heteroatoms. The Hall–Kier alpha value is -2.58. The summed E-state index contributed by atoms with van der Waals surface area (Å²) in [7, 11) is 0. The minimum atomic E-state index is -0.925. The molecule has 0 bridgehead atoms. The van der Waals surface area contributed by atoms with Crippen LogP contribution in [0.25, 0.3) is 17.0 Å². The number of halogens is 1. The molecule has 5 rings (SSSR count). The lowest BCUT2D eigenvalue weighted by Gasteiger charge is -2.15. The van der Waals surface area contributed by atoms with Gasteiger partial charge in [0.15, 0.2) is 5.65 Å². The van der Waals surface area contributed by atoms with Crippen molar-refractivity contribution < 1.29 is 9.50 Å². The average molecular weight is 368 g/mol. The molecule has 3 N–H and O–H groups in total. The highest BCUT2D eigenvalue weighted by atomic mass is 19.1. The maximum atomic E-state index is 13.9. The Bertz CT molecular complexity index is 985. The van der Waals surface area contributed by atoms with Crippen molar-refractivity contribution in [3.05, 3.63) is 41.7 Å². The van der Waals surface area contributed by atoms with Crippen LogP contribution in [-0.2, 0) is 6.61 Å². The Balaban J connectivity index is 1.51. The number of pyridine rings is 1. The molecular weight excluding hydrogens is 347 g/mol. The molecule has 0 radical (unpaired) electrons. The Kier molecular flexibility index (Phi) is 4.02. The highest BCUT2D eigenvalue weighted by Gasteiger charge is 2.29. The van der Waals surface area contributed by atoms with E-state index in [0.717, 1.165) is 35.5 Å². The quantitative estimate of drug-likeness (QED) is 0.637. The fraction of sp³-hybridized carbons (Fsp3) is 0.421. The summed E-state index contributed by atoms with van der Waals surface area (Å²) in [5.41, 5.74) is 3.97. The molecule has 2 fully saturated rings. The Morgan fingerprint density at radius 1 is 1.30 bits per heavy atom. The van der Waals surface area contributed by atoms with Gasteiger partial charge in [-0.15, -0.1) is 0 Å². The van der Waals surface area contributed by atoms with Gasteiger partial charge in [0.1, 0.15) is 17.7 Å². The second-order valence-electron chi connectivity index (χ2n) is 7.23. The van der Waals surface area contributed by atoms with E-state index in [4.69, 9.17) is 5.10 Å². The maximum absolute atomic E-state index is 13.9. The first kappa shape index (κ1) is 16.6. The largest absolute Gasteiger partial charge is 0.392 e. The number of aliphatic hydroxyl groups is 1. The number of nitrogens with zero attached hydrogens (tertiary/aromatic N) is 4. The van der Waals surface area contributed by atoms with E-state index in [1.165, 1.54) is 0 Å². The number of aromatic nitrogens is 4. The van der Waals surface area contributed by atoms with E-state index < -0.39 is 6.17 Å². The third-order valence-corrected chi connectivity index (χ3v) is 5.22. The van der Waals surface area contributed by atoms with E-state index in [1.54, 1.807) is 10.7 Å². The van der Waals surface area contributed by atoms with Crippen LogP contribution < -0.4 is 10.6 Å². The molecule has 2 aliphatic rings. The summed E-state index contributed by atoms with van der Waals surface area (Å²) in [6, 6.07) is 7.24. The fourth-order valence-electron chi connectivity index (χ4n) is 3.60. The summed E-state index contributed by atoms with van der Waals surface area (Å²) >= 11 is 0. The molecule has 1 aliphatic heterocycles. The fourth-order valence-corrected chi connectivity index (χ4v) is 3.60. The van der Waals surface area contributed by atoms with Crippen LogP contribution in [0.5, 0.6) is 0 Å². The summed E-state index contributed by atoms with van der Waals surface area (Å²) < 4.78 is 15.6. The van der Waals surface area contributed by atoms with E-state index in [2.05, 4.69) is 20.6 Å². The van der Waals surface area contributed by atoms with Crippen LogP contribution in [0.1, 0.15) is 30.0 Å². The first-order chi connectivity index (χ1) is 13.2. The SMILES string of the molecule is OCc1cc2ncc(-c3cccc(N[C@H]4CNC[C@@H]4F)n3)n2nc1C1CC1. The molecule has 4 heterocycles. The van der Waals surface area contributed by atoms with Gasteiger partial charge < -0.3 is 15.7 Å². The maximum Gasteiger partial charge on any atom is 0.154 e. The van der Waals surface area contributed by atoms with Crippen LogP contribution in [0, 0.1) is 0 Å². The van der Waals surface area contributed by atoms with E-state index in [9.17, 15) is 9.50 Å². The molecule has 27 heavy (non-hydrogen) atoms. The zero-order chi connectivity index (χ0) is 18.4. The molecule has 3 aromatic heterocycles. The lowest BCUT2D eigenvalue weighted by Crippen LogP contribution is -2.29. The standard InChI is InChI=1S/C19H21FN6O/c20-13-7-21-8-15(13)24-17-3-1-2-14(23-17)16-9-22-18-6-12(10-27)19(11-4-5-11)25-26(16)18/h1-3,6,9,11,13,15,21,27H,4-5,7-8,10H2,(H,23,24)/t13-,15-/m0/s1. The third kappa shape index (κ3) is 3.04. The van der Waals surface area contributed by atoms with Crippen molar-refractivity contribution in [3.63, 3.8) is 0 Å². The highest BCUT2D eigenvalue weighted by Crippen LogP contribution is 2.41. The summed E-state index contributed by atoms with van der Waals surface area (Å²) in [5.74, 6) is 1.05. The number of rotatable bonds is 5. The molecule has 0 amide bonds. The minimum Gasteiger partial charge on any atom is -0.392 e. The van der Waals surface area contributed by atoms with Gasteiger partial charge in [0.05, 0.1) is 30.2 Å². The predicted molar refractivity (Wildman–Crippen MR) is 99.3 cm³/mol. The second-order valence-corrected chi connectivity index (χ2v) is 7.23. The monoisotopic (exact) mass is 368 g/mol. The number of hydrogen-bond acceptors (Lipinski definition) is 6. The first-order valence-electron chi connectivity index (χ1n) is 9.30. The molecule has 1 saturated carbocycles. The van der Waals surface area contributed by atoms with Gasteiger partial charge in [-0.3, -0.25) is 0 Å². The molecule has 7 nitrogen and oxygen atoms in total. The van der Waals surface area contributed by atoms with Gasteiger partial charge in [-0.2, -0.15) is 5.10 Å². The van der Waals surface area contributed by atoms with Crippen LogP contribution in [-0.4, -0.2) is 50.0 Å². The van der Waals surface area contributed by atoms with Crippen molar-refractivity contribution in [2.24, 2.45) is 0 Å². The Labute approximate surface area is 155 Å². The number of imidazole rings is 1. The smallest absolute Gasteiger partial charge is 0.154 e. The van der Waals surface area contributed by atoms with E-state index in [-0.39, 0.29) is 12.6 Å². The van der Waals surface area contributed by atoms with Gasteiger partial charge in [0, 0.05) is 24.6 Å². The van der Waals surface area contributed by atoms with Crippen LogP contribution in [0.4, 0.5) is 10.2 Å². The van der Waals surface area contributed by atoms with Crippen molar-refractivity contribution in [3.8, 4) is 11.4 Å². The topological polar surface area (TPSA) is 87.4 Å². The summed E-state index contributed by atoms with van der Waals surface area (Å²) in [6.45, 7) is 0.916. The molecule has 3 aromatic rings. The van der Waals surface area contributed by atoms with E-state index in [0.29, 0.717) is 30.5 Å². The van der Waals surface area contributed by atoms with Gasteiger partial charge >= 0.3 is 0 Å². The molecule has 0 aromatic carbocycles. The molecule has 2 atom stereocenters. The van der Waals surface area contributed by atoms with Crippen molar-refractivity contribution in [1.82, 2.24) is 24.9 Å². The predicted octanol–water partition coefficient (Wildman–Crippen LogP) is 1.88. The molecular formula is C19H21FN6O. The van der Waals surface area contributed by atoms with E-state index in [1.807, 2.05) is 24.3 Å². The van der Waals surface area contributed by atoms with Gasteiger partial charge in [-0.1, -0.05) is 6.07 Å². The average Bonchev–Trinajstić information content (AvgIpc) is 3.34. The van der Waals surface area contributed by atoms with Crippen LogP contribution in [0.2, 0.25) is 0 Å². The van der Waals surface area contributed by atoms with Crippen molar-refractivity contribution >= 4 is 11.5 Å². The number of hydrogen-bond donors (Lipinski definition) is 3. The van der Waals surface area contributed by atoms with Crippen molar-refractivity contribution in [1.29, 1.82) is 0 Å². The Morgan fingerprint density at radius 2 is 2.19 bits per heavy atom. The number of anilines is 1. The molecule has 0 unspecified atom stereocenters. The van der Waals surface area contributed by atoms with Crippen LogP contribution in [0.15, 0.2) is 30.5 Å². The number of nitrogens with one attached hydrogen (secondary N) is 2. The zero-order valence-corrected chi connectivity index (χ0v) is 14.8. The van der Waals surface area contributed by atoms with Gasteiger partial charge in [0.25, 0.3) is 0 Å². The van der Waals surface area contributed by atoms with Gasteiger partial charge in [0.2, 0.25) is 0 Å². The van der Waals surface area contributed by atoms with Crippen molar-refractivity contribution in [2.45, 2.75) is 37.6 Å². The summed E-state index contributed by atoms with van der Waals surface area (Å²) in [5, 5.41) is 20.6. The highest BCUT2D eigenvalue weighted by molar-refractivity contribution is 5.62. The zero-order valence-electron chi connectivity index (χ0n) is 14.8. The molecule has 0 spiro atoms. The number of aliphatic hydroxyl groups excluding tert-OH is 1. The second kappa shape index (κ2) is 6.54. The third-order valence-electron chi connectivity index (χ3n) is 5.22. The summed E-state index contributed by atoms with van der Waals surface area (Å²) in [4.78, 5) is 9.07. The summed E-state index contributed by atoms with van der Waals surface area (Å²) in [6.07, 6.45) is 3.02. The molecule has 1 aliphatic carbocycles. The number of alkyl halides is 1. The van der Waals surface area contributed by atoms with Gasteiger partial charge in [-0.25, -0.2) is 18.9 Å². The number of fused-ring (bicyclic) bond motifs is 1. The minimum absolute atomic E-state index is 0.0327.